The van der Waals surface area contributed by atoms with Crippen LogP contribution in [-0.4, -0.2) is 18.5 Å². The fourth-order valence-corrected chi connectivity index (χ4v) is 1.84. The maximum atomic E-state index is 12.4. The first-order valence-corrected chi connectivity index (χ1v) is 4.77. The van der Waals surface area contributed by atoms with E-state index in [1.165, 1.54) is 19.3 Å². The van der Waals surface area contributed by atoms with E-state index in [1.54, 1.807) is 0 Å². The lowest BCUT2D eigenvalue weighted by atomic mass is 9.83. The molecule has 70 valence electrons. The van der Waals surface area contributed by atoms with E-state index in [-0.39, 0.29) is 18.9 Å². The Labute approximate surface area is 71.5 Å². The van der Waals surface area contributed by atoms with Crippen molar-refractivity contribution in [3.05, 3.63) is 0 Å². The lowest BCUT2D eigenvalue weighted by molar-refractivity contribution is -0.0935. The van der Waals surface area contributed by atoms with Gasteiger partial charge in [0.15, 0.2) is 0 Å². The second-order valence-corrected chi connectivity index (χ2v) is 4.17. The van der Waals surface area contributed by atoms with Crippen molar-refractivity contribution in [2.45, 2.75) is 44.1 Å². The zero-order valence-electron chi connectivity index (χ0n) is 7.15. The Morgan fingerprint density at radius 3 is 2.33 bits per heavy atom. The molecule has 1 nitrogen and oxygen atoms in total. The summed E-state index contributed by atoms with van der Waals surface area (Å²) in [5, 5.41) is 3.20. The van der Waals surface area contributed by atoms with E-state index in [2.05, 4.69) is 5.32 Å². The SMILES string of the molecule is FC1(F)CC(NCC2CCC2)C1. The zero-order chi connectivity index (χ0) is 8.60. The van der Waals surface area contributed by atoms with Crippen LogP contribution in [0.1, 0.15) is 32.1 Å². The summed E-state index contributed by atoms with van der Waals surface area (Å²) in [7, 11) is 0. The molecule has 0 heterocycles. The molecule has 2 saturated carbocycles. The zero-order valence-corrected chi connectivity index (χ0v) is 7.15. The third-order valence-electron chi connectivity index (χ3n) is 3.01. The summed E-state index contributed by atoms with van der Waals surface area (Å²) < 4.78 is 24.7. The number of alkyl halides is 2. The predicted molar refractivity (Wildman–Crippen MR) is 43.3 cm³/mol. The van der Waals surface area contributed by atoms with E-state index in [1.807, 2.05) is 0 Å². The number of halogens is 2. The Balaban J connectivity index is 1.57. The van der Waals surface area contributed by atoms with E-state index in [0.29, 0.717) is 0 Å². The molecular formula is C9H15F2N. The Hall–Kier alpha value is -0.180. The van der Waals surface area contributed by atoms with Gasteiger partial charge in [0, 0.05) is 18.9 Å². The van der Waals surface area contributed by atoms with Gasteiger partial charge >= 0.3 is 0 Å². The van der Waals surface area contributed by atoms with Crippen molar-refractivity contribution in [1.82, 2.24) is 5.32 Å². The van der Waals surface area contributed by atoms with Gasteiger partial charge in [-0.05, 0) is 25.3 Å². The number of nitrogens with one attached hydrogen (secondary N) is 1. The Kier molecular flexibility index (Phi) is 2.07. The minimum atomic E-state index is -2.36. The summed E-state index contributed by atoms with van der Waals surface area (Å²) in [6, 6.07) is 0.0978. The smallest absolute Gasteiger partial charge is 0.251 e. The van der Waals surface area contributed by atoms with Gasteiger partial charge in [0.2, 0.25) is 0 Å². The van der Waals surface area contributed by atoms with Gasteiger partial charge in [0.1, 0.15) is 0 Å². The summed E-state index contributed by atoms with van der Waals surface area (Å²) in [5.41, 5.74) is 0. The van der Waals surface area contributed by atoms with Gasteiger partial charge in [-0.2, -0.15) is 0 Å². The predicted octanol–water partition coefficient (Wildman–Crippen LogP) is 2.17. The second kappa shape index (κ2) is 2.95. The largest absolute Gasteiger partial charge is 0.313 e. The average molecular weight is 175 g/mol. The minimum absolute atomic E-state index is 0.0553. The van der Waals surface area contributed by atoms with Gasteiger partial charge in [-0.1, -0.05) is 6.42 Å². The molecule has 2 aliphatic carbocycles. The highest BCUT2D eigenvalue weighted by atomic mass is 19.3. The maximum absolute atomic E-state index is 12.4. The first-order valence-electron chi connectivity index (χ1n) is 4.77. The van der Waals surface area contributed by atoms with Crippen molar-refractivity contribution in [3.63, 3.8) is 0 Å². The molecule has 0 aromatic heterocycles. The molecule has 0 aliphatic heterocycles. The third kappa shape index (κ3) is 1.76. The molecule has 0 amide bonds. The molecule has 0 bridgehead atoms. The molecule has 2 aliphatic rings. The van der Waals surface area contributed by atoms with Crippen LogP contribution in [0.3, 0.4) is 0 Å². The van der Waals surface area contributed by atoms with Crippen LogP contribution in [-0.2, 0) is 0 Å². The normalized spacial score (nSPS) is 29.5. The summed E-state index contributed by atoms with van der Waals surface area (Å²) in [4.78, 5) is 0. The highest BCUT2D eigenvalue weighted by molar-refractivity contribution is 4.91. The second-order valence-electron chi connectivity index (χ2n) is 4.17. The molecule has 0 unspecified atom stereocenters. The Morgan fingerprint density at radius 1 is 1.25 bits per heavy atom. The van der Waals surface area contributed by atoms with Gasteiger partial charge in [0.05, 0.1) is 0 Å². The summed E-state index contributed by atoms with van der Waals surface area (Å²) in [6.07, 6.45) is 4.01. The summed E-state index contributed by atoms with van der Waals surface area (Å²) >= 11 is 0. The third-order valence-corrected chi connectivity index (χ3v) is 3.01. The van der Waals surface area contributed by atoms with Crippen LogP contribution in [0.25, 0.3) is 0 Å². The lowest BCUT2D eigenvalue weighted by Crippen LogP contribution is -2.50. The van der Waals surface area contributed by atoms with E-state index in [0.717, 1.165) is 12.5 Å². The molecule has 2 fully saturated rings. The standard InChI is InChI=1S/C9H15F2N/c10-9(11)4-8(5-9)12-6-7-2-1-3-7/h7-8,12H,1-6H2. The molecule has 0 aromatic carbocycles. The van der Waals surface area contributed by atoms with Crippen molar-refractivity contribution < 1.29 is 8.78 Å². The Morgan fingerprint density at radius 2 is 1.92 bits per heavy atom. The summed E-state index contributed by atoms with van der Waals surface area (Å²) in [5.74, 6) is -1.59. The maximum Gasteiger partial charge on any atom is 0.251 e. The van der Waals surface area contributed by atoms with Crippen LogP contribution in [0.5, 0.6) is 0 Å². The lowest BCUT2D eigenvalue weighted by Gasteiger charge is -2.37. The molecule has 0 spiro atoms. The van der Waals surface area contributed by atoms with Crippen LogP contribution in [0.15, 0.2) is 0 Å². The number of hydrogen-bond donors (Lipinski definition) is 1. The van der Waals surface area contributed by atoms with Crippen LogP contribution < -0.4 is 5.32 Å². The summed E-state index contributed by atoms with van der Waals surface area (Å²) in [6.45, 7) is 0.959. The highest BCUT2D eigenvalue weighted by Gasteiger charge is 2.45. The van der Waals surface area contributed by atoms with Crippen molar-refractivity contribution in [3.8, 4) is 0 Å². The van der Waals surface area contributed by atoms with Crippen LogP contribution in [0, 0.1) is 5.92 Å². The first kappa shape index (κ1) is 8.42. The van der Waals surface area contributed by atoms with Crippen LogP contribution >= 0.6 is 0 Å². The van der Waals surface area contributed by atoms with Crippen molar-refractivity contribution in [2.75, 3.05) is 6.54 Å². The van der Waals surface area contributed by atoms with Crippen LogP contribution in [0.4, 0.5) is 8.78 Å². The number of rotatable bonds is 3. The van der Waals surface area contributed by atoms with Gasteiger partial charge in [0.25, 0.3) is 5.92 Å². The fourth-order valence-electron chi connectivity index (χ4n) is 1.84. The monoisotopic (exact) mass is 175 g/mol. The average Bonchev–Trinajstić information content (AvgIpc) is 1.79. The van der Waals surface area contributed by atoms with Crippen LogP contribution in [0.2, 0.25) is 0 Å². The van der Waals surface area contributed by atoms with Gasteiger partial charge < -0.3 is 5.32 Å². The molecule has 0 radical (unpaired) electrons. The van der Waals surface area contributed by atoms with E-state index in [4.69, 9.17) is 0 Å². The minimum Gasteiger partial charge on any atom is -0.313 e. The van der Waals surface area contributed by atoms with E-state index >= 15 is 0 Å². The van der Waals surface area contributed by atoms with Gasteiger partial charge in [-0.15, -0.1) is 0 Å². The molecular weight excluding hydrogens is 160 g/mol. The first-order chi connectivity index (χ1) is 5.66. The Bertz CT molecular complexity index is 158. The van der Waals surface area contributed by atoms with Crippen molar-refractivity contribution >= 4 is 0 Å². The molecule has 0 saturated heterocycles. The van der Waals surface area contributed by atoms with Gasteiger partial charge in [-0.3, -0.25) is 0 Å². The highest BCUT2D eigenvalue weighted by Crippen LogP contribution is 2.37. The molecule has 0 aromatic rings. The molecule has 3 heteroatoms. The fraction of sp³-hybridized carbons (Fsp3) is 1.00. The topological polar surface area (TPSA) is 12.0 Å². The number of hydrogen-bond acceptors (Lipinski definition) is 1. The van der Waals surface area contributed by atoms with E-state index in [9.17, 15) is 8.78 Å². The molecule has 12 heavy (non-hydrogen) atoms. The van der Waals surface area contributed by atoms with Crippen molar-refractivity contribution in [1.29, 1.82) is 0 Å². The molecule has 1 N–H and O–H groups in total. The van der Waals surface area contributed by atoms with E-state index < -0.39 is 5.92 Å². The quantitative estimate of drug-likeness (QED) is 0.693. The molecule has 2 rings (SSSR count). The van der Waals surface area contributed by atoms with Gasteiger partial charge in [-0.25, -0.2) is 8.78 Å². The van der Waals surface area contributed by atoms with Crippen molar-refractivity contribution in [2.24, 2.45) is 5.92 Å². The molecule has 0 atom stereocenters.